The standard InChI is InChI=1S/C27H26N2O2/c1-17-12-18(2)14-23(13-17)28-25-24(22-11-10-19(3)20(4)15-22)26(30)29(27(25)31)16-21-8-6-5-7-9-21/h5-15,28H,16H2,1-4H3. The molecule has 4 nitrogen and oxygen atoms in total. The van der Waals surface area contributed by atoms with E-state index in [1.54, 1.807) is 0 Å². The first-order valence-corrected chi connectivity index (χ1v) is 10.4. The minimum atomic E-state index is -0.304. The van der Waals surface area contributed by atoms with Crippen molar-refractivity contribution in [2.45, 2.75) is 34.2 Å². The molecule has 156 valence electrons. The quantitative estimate of drug-likeness (QED) is 0.580. The van der Waals surface area contributed by atoms with E-state index in [-0.39, 0.29) is 18.4 Å². The molecule has 4 heteroatoms. The van der Waals surface area contributed by atoms with Crippen molar-refractivity contribution >= 4 is 23.1 Å². The summed E-state index contributed by atoms with van der Waals surface area (Å²) in [5.41, 5.74) is 7.63. The molecule has 0 spiro atoms. The number of hydrogen-bond acceptors (Lipinski definition) is 3. The molecule has 0 bridgehead atoms. The molecule has 1 aliphatic rings. The third kappa shape index (κ3) is 4.15. The summed E-state index contributed by atoms with van der Waals surface area (Å²) < 4.78 is 0. The van der Waals surface area contributed by atoms with Crippen molar-refractivity contribution in [1.29, 1.82) is 0 Å². The zero-order valence-corrected chi connectivity index (χ0v) is 18.3. The van der Waals surface area contributed by atoms with Crippen LogP contribution in [0.4, 0.5) is 5.69 Å². The van der Waals surface area contributed by atoms with Crippen LogP contribution in [-0.4, -0.2) is 16.7 Å². The van der Waals surface area contributed by atoms with Gasteiger partial charge in [0.05, 0.1) is 12.1 Å². The van der Waals surface area contributed by atoms with Gasteiger partial charge in [-0.05, 0) is 73.2 Å². The van der Waals surface area contributed by atoms with Crippen molar-refractivity contribution in [2.75, 3.05) is 5.32 Å². The highest BCUT2D eigenvalue weighted by Gasteiger charge is 2.39. The van der Waals surface area contributed by atoms with Gasteiger partial charge in [-0.25, -0.2) is 0 Å². The molecule has 3 aromatic rings. The Morgan fingerprint density at radius 1 is 0.742 bits per heavy atom. The Hall–Kier alpha value is -3.66. The van der Waals surface area contributed by atoms with Crippen LogP contribution in [0.15, 0.2) is 72.4 Å². The van der Waals surface area contributed by atoms with Crippen LogP contribution in [0.25, 0.3) is 5.57 Å². The summed E-state index contributed by atoms with van der Waals surface area (Å²) in [4.78, 5) is 28.2. The van der Waals surface area contributed by atoms with E-state index in [1.165, 1.54) is 4.90 Å². The second-order valence-corrected chi connectivity index (χ2v) is 8.23. The van der Waals surface area contributed by atoms with E-state index < -0.39 is 0 Å². The summed E-state index contributed by atoms with van der Waals surface area (Å²) in [6, 6.07) is 21.5. The van der Waals surface area contributed by atoms with Crippen LogP contribution in [0.1, 0.15) is 33.4 Å². The van der Waals surface area contributed by atoms with E-state index in [4.69, 9.17) is 0 Å². The minimum absolute atomic E-state index is 0.241. The van der Waals surface area contributed by atoms with Crippen molar-refractivity contribution in [1.82, 2.24) is 4.90 Å². The molecule has 0 aromatic heterocycles. The highest BCUT2D eigenvalue weighted by Crippen LogP contribution is 2.32. The topological polar surface area (TPSA) is 49.4 Å². The Kier molecular flexibility index (Phi) is 5.47. The van der Waals surface area contributed by atoms with Crippen molar-refractivity contribution < 1.29 is 9.59 Å². The van der Waals surface area contributed by atoms with Gasteiger partial charge in [0.15, 0.2) is 0 Å². The van der Waals surface area contributed by atoms with Crippen molar-refractivity contribution in [3.63, 3.8) is 0 Å². The molecule has 0 atom stereocenters. The van der Waals surface area contributed by atoms with Crippen molar-refractivity contribution in [2.24, 2.45) is 0 Å². The second-order valence-electron chi connectivity index (χ2n) is 8.23. The third-order valence-electron chi connectivity index (χ3n) is 5.64. The van der Waals surface area contributed by atoms with Gasteiger partial charge in [0, 0.05) is 5.69 Å². The van der Waals surface area contributed by atoms with Gasteiger partial charge >= 0.3 is 0 Å². The number of imide groups is 1. The molecular formula is C27H26N2O2. The highest BCUT2D eigenvalue weighted by atomic mass is 16.2. The van der Waals surface area contributed by atoms with Crippen LogP contribution in [0.5, 0.6) is 0 Å². The second kappa shape index (κ2) is 8.23. The third-order valence-corrected chi connectivity index (χ3v) is 5.64. The van der Waals surface area contributed by atoms with Crippen LogP contribution < -0.4 is 5.32 Å². The van der Waals surface area contributed by atoms with Crippen LogP contribution in [0.2, 0.25) is 0 Å². The summed E-state index contributed by atoms with van der Waals surface area (Å²) in [7, 11) is 0. The van der Waals surface area contributed by atoms with E-state index >= 15 is 0 Å². The Balaban J connectivity index is 1.79. The number of rotatable bonds is 5. The number of amides is 2. The molecule has 0 fully saturated rings. The van der Waals surface area contributed by atoms with E-state index in [0.29, 0.717) is 11.3 Å². The number of nitrogens with one attached hydrogen (secondary N) is 1. The molecule has 0 radical (unpaired) electrons. The van der Waals surface area contributed by atoms with Gasteiger partial charge in [0.2, 0.25) is 0 Å². The molecule has 0 aliphatic carbocycles. The van der Waals surface area contributed by atoms with Gasteiger partial charge in [0.1, 0.15) is 5.70 Å². The Labute approximate surface area is 183 Å². The predicted octanol–water partition coefficient (Wildman–Crippen LogP) is 5.31. The van der Waals surface area contributed by atoms with E-state index in [9.17, 15) is 9.59 Å². The molecule has 1 aliphatic heterocycles. The normalized spacial score (nSPS) is 13.9. The summed E-state index contributed by atoms with van der Waals surface area (Å²) in [6.07, 6.45) is 0. The molecule has 0 unspecified atom stereocenters. The molecule has 0 saturated carbocycles. The lowest BCUT2D eigenvalue weighted by Crippen LogP contribution is -2.32. The number of aryl methyl sites for hydroxylation is 4. The summed E-state index contributed by atoms with van der Waals surface area (Å²) >= 11 is 0. The number of carbonyl (C=O) groups is 2. The molecule has 1 heterocycles. The Morgan fingerprint density at radius 3 is 2.06 bits per heavy atom. The zero-order valence-electron chi connectivity index (χ0n) is 18.3. The number of hydrogen-bond donors (Lipinski definition) is 1. The molecule has 3 aromatic carbocycles. The largest absolute Gasteiger partial charge is 0.350 e. The number of anilines is 1. The average Bonchev–Trinajstić information content (AvgIpc) is 2.94. The minimum Gasteiger partial charge on any atom is -0.350 e. The van der Waals surface area contributed by atoms with Crippen LogP contribution in [-0.2, 0) is 16.1 Å². The Morgan fingerprint density at radius 2 is 1.42 bits per heavy atom. The summed E-state index contributed by atoms with van der Waals surface area (Å²) in [6.45, 7) is 8.32. The fourth-order valence-electron chi connectivity index (χ4n) is 3.96. The zero-order chi connectivity index (χ0) is 22.1. The fraction of sp³-hybridized carbons (Fsp3) is 0.185. The van der Waals surface area contributed by atoms with Crippen molar-refractivity contribution in [3.05, 3.63) is 106 Å². The SMILES string of the molecule is Cc1cc(C)cc(NC2=C(c3ccc(C)c(C)c3)C(=O)N(Cc3ccccc3)C2=O)c1. The van der Waals surface area contributed by atoms with Gasteiger partial charge in [-0.2, -0.15) is 0 Å². The highest BCUT2D eigenvalue weighted by molar-refractivity contribution is 6.36. The van der Waals surface area contributed by atoms with Crippen LogP contribution in [0, 0.1) is 27.7 Å². The molecule has 2 amide bonds. The summed E-state index contributed by atoms with van der Waals surface area (Å²) in [5, 5.41) is 3.27. The number of benzene rings is 3. The van der Waals surface area contributed by atoms with E-state index in [2.05, 4.69) is 11.4 Å². The summed E-state index contributed by atoms with van der Waals surface area (Å²) in [5.74, 6) is -0.578. The lowest BCUT2D eigenvalue weighted by Gasteiger charge is -2.15. The monoisotopic (exact) mass is 410 g/mol. The predicted molar refractivity (Wildman–Crippen MR) is 124 cm³/mol. The maximum atomic E-state index is 13.5. The maximum absolute atomic E-state index is 13.5. The molecule has 31 heavy (non-hydrogen) atoms. The van der Waals surface area contributed by atoms with Gasteiger partial charge in [-0.15, -0.1) is 0 Å². The molecule has 1 N–H and O–H groups in total. The molecule has 4 rings (SSSR count). The number of nitrogens with zero attached hydrogens (tertiary/aromatic N) is 1. The average molecular weight is 411 g/mol. The van der Waals surface area contributed by atoms with E-state index in [1.807, 2.05) is 88.4 Å². The lowest BCUT2D eigenvalue weighted by atomic mass is 9.99. The smallest absolute Gasteiger partial charge is 0.278 e. The van der Waals surface area contributed by atoms with Gasteiger partial charge in [0.25, 0.3) is 11.8 Å². The van der Waals surface area contributed by atoms with Crippen molar-refractivity contribution in [3.8, 4) is 0 Å². The van der Waals surface area contributed by atoms with Gasteiger partial charge in [-0.3, -0.25) is 14.5 Å². The van der Waals surface area contributed by atoms with Gasteiger partial charge in [-0.1, -0.05) is 54.6 Å². The van der Waals surface area contributed by atoms with Crippen LogP contribution >= 0.6 is 0 Å². The first-order valence-electron chi connectivity index (χ1n) is 10.4. The van der Waals surface area contributed by atoms with E-state index in [0.717, 1.165) is 39.1 Å². The van der Waals surface area contributed by atoms with Gasteiger partial charge < -0.3 is 5.32 Å². The number of carbonyl (C=O) groups excluding carboxylic acids is 2. The fourth-order valence-corrected chi connectivity index (χ4v) is 3.96. The van der Waals surface area contributed by atoms with Crippen LogP contribution in [0.3, 0.4) is 0 Å². The maximum Gasteiger partial charge on any atom is 0.278 e. The first kappa shape index (κ1) is 20.6. The molecular weight excluding hydrogens is 384 g/mol. The Bertz CT molecular complexity index is 1190. The molecule has 0 saturated heterocycles. The first-order chi connectivity index (χ1) is 14.8. The lowest BCUT2D eigenvalue weighted by molar-refractivity contribution is -0.137.